The fourth-order valence-corrected chi connectivity index (χ4v) is 3.17. The van der Waals surface area contributed by atoms with Gasteiger partial charge in [-0.05, 0) is 25.3 Å². The maximum Gasteiger partial charge on any atom is 0.294 e. The topological polar surface area (TPSA) is 56.5 Å². The number of nitrogens with zero attached hydrogens (tertiary/aromatic N) is 3. The van der Waals surface area contributed by atoms with E-state index in [0.29, 0.717) is 0 Å². The summed E-state index contributed by atoms with van der Waals surface area (Å²) in [7, 11) is 0. The van der Waals surface area contributed by atoms with Gasteiger partial charge in [0.15, 0.2) is 0 Å². The molecule has 102 valence electrons. The Bertz CT molecular complexity index is 527. The van der Waals surface area contributed by atoms with Gasteiger partial charge in [-0.25, -0.2) is 4.68 Å². The molecule has 1 saturated carbocycles. The van der Waals surface area contributed by atoms with Crippen LogP contribution in [0.25, 0.3) is 0 Å². The van der Waals surface area contributed by atoms with Gasteiger partial charge in [-0.3, -0.25) is 4.79 Å². The number of aromatic nitrogens is 2. The Balaban J connectivity index is 1.96. The molecule has 5 nitrogen and oxygen atoms in total. The standard InChI is InChI=1S/C14H19N3O2/c1-13(2,3)11-10-6-4-7-14(10,19-16-11)12(18)17-9-5-8-15-17/h5,8-10H,4,6-7H2,1-3H3. The summed E-state index contributed by atoms with van der Waals surface area (Å²) in [5.74, 6) is -0.00722. The molecule has 0 bridgehead atoms. The molecule has 2 heterocycles. The van der Waals surface area contributed by atoms with E-state index in [1.165, 1.54) is 4.68 Å². The molecule has 0 saturated heterocycles. The molecule has 2 atom stereocenters. The highest BCUT2D eigenvalue weighted by Crippen LogP contribution is 2.48. The maximum atomic E-state index is 12.7. The van der Waals surface area contributed by atoms with Gasteiger partial charge in [0.1, 0.15) is 0 Å². The van der Waals surface area contributed by atoms with E-state index in [2.05, 4.69) is 31.0 Å². The van der Waals surface area contributed by atoms with Crippen molar-refractivity contribution in [2.24, 2.45) is 16.5 Å². The number of rotatable bonds is 1. The zero-order chi connectivity index (χ0) is 13.7. The molecule has 2 unspecified atom stereocenters. The molecular weight excluding hydrogens is 242 g/mol. The predicted octanol–water partition coefficient (Wildman–Crippen LogP) is 2.49. The average Bonchev–Trinajstić information content (AvgIpc) is 3.02. The van der Waals surface area contributed by atoms with Crippen molar-refractivity contribution < 1.29 is 9.63 Å². The zero-order valence-electron chi connectivity index (χ0n) is 11.6. The van der Waals surface area contributed by atoms with Crippen molar-refractivity contribution in [3.63, 3.8) is 0 Å². The SMILES string of the molecule is CC(C)(C)C1=NOC2(C(=O)n3cccn3)CCCC12. The number of carbonyl (C=O) groups excluding carboxylic acids is 1. The fraction of sp³-hybridized carbons (Fsp3) is 0.643. The first kappa shape index (κ1) is 12.4. The van der Waals surface area contributed by atoms with Crippen LogP contribution in [0.5, 0.6) is 0 Å². The molecule has 2 aliphatic rings. The minimum absolute atomic E-state index is 0.0683. The van der Waals surface area contributed by atoms with Crippen molar-refractivity contribution >= 4 is 11.6 Å². The summed E-state index contributed by atoms with van der Waals surface area (Å²) < 4.78 is 1.37. The van der Waals surface area contributed by atoms with Crippen molar-refractivity contribution in [2.45, 2.75) is 45.6 Å². The minimum atomic E-state index is -0.825. The highest BCUT2D eigenvalue weighted by molar-refractivity contribution is 6.01. The Labute approximate surface area is 112 Å². The molecule has 0 amide bonds. The van der Waals surface area contributed by atoms with Crippen LogP contribution in [0.3, 0.4) is 0 Å². The monoisotopic (exact) mass is 261 g/mol. The third-order valence-electron chi connectivity index (χ3n) is 4.08. The smallest absolute Gasteiger partial charge is 0.294 e. The molecule has 0 aromatic carbocycles. The van der Waals surface area contributed by atoms with Crippen LogP contribution in [-0.4, -0.2) is 27.0 Å². The van der Waals surface area contributed by atoms with E-state index in [-0.39, 0.29) is 17.2 Å². The summed E-state index contributed by atoms with van der Waals surface area (Å²) >= 11 is 0. The van der Waals surface area contributed by atoms with Crippen molar-refractivity contribution in [1.82, 2.24) is 9.78 Å². The van der Waals surface area contributed by atoms with Crippen LogP contribution in [0.2, 0.25) is 0 Å². The first-order valence-electron chi connectivity index (χ1n) is 6.76. The fourth-order valence-electron chi connectivity index (χ4n) is 3.17. The number of hydrogen-bond acceptors (Lipinski definition) is 4. The predicted molar refractivity (Wildman–Crippen MR) is 70.9 cm³/mol. The van der Waals surface area contributed by atoms with Crippen LogP contribution in [-0.2, 0) is 4.84 Å². The lowest BCUT2D eigenvalue weighted by atomic mass is 9.76. The van der Waals surface area contributed by atoms with Crippen LogP contribution in [0, 0.1) is 11.3 Å². The molecule has 1 fully saturated rings. The molecule has 0 spiro atoms. The highest BCUT2D eigenvalue weighted by atomic mass is 16.7. The summed E-state index contributed by atoms with van der Waals surface area (Å²) in [4.78, 5) is 18.4. The molecular formula is C14H19N3O2. The Kier molecular flexibility index (Phi) is 2.56. The molecule has 3 rings (SSSR count). The summed E-state index contributed by atoms with van der Waals surface area (Å²) in [6.45, 7) is 6.34. The van der Waals surface area contributed by atoms with Gasteiger partial charge < -0.3 is 4.84 Å². The first-order chi connectivity index (χ1) is 8.95. The Morgan fingerprint density at radius 1 is 1.53 bits per heavy atom. The molecule has 1 aromatic heterocycles. The van der Waals surface area contributed by atoms with E-state index in [1.807, 2.05) is 0 Å². The number of oxime groups is 1. The van der Waals surface area contributed by atoms with Crippen LogP contribution in [0.1, 0.15) is 44.8 Å². The lowest BCUT2D eigenvalue weighted by molar-refractivity contribution is -0.0223. The normalized spacial score (nSPS) is 29.8. The van der Waals surface area contributed by atoms with E-state index in [9.17, 15) is 4.79 Å². The number of carbonyl (C=O) groups is 1. The lowest BCUT2D eigenvalue weighted by Gasteiger charge is -2.28. The Morgan fingerprint density at radius 2 is 2.32 bits per heavy atom. The van der Waals surface area contributed by atoms with E-state index in [4.69, 9.17) is 4.84 Å². The van der Waals surface area contributed by atoms with Gasteiger partial charge in [0, 0.05) is 17.8 Å². The molecule has 1 aliphatic carbocycles. The summed E-state index contributed by atoms with van der Waals surface area (Å²) in [5, 5.41) is 8.29. The van der Waals surface area contributed by atoms with Crippen molar-refractivity contribution in [3.8, 4) is 0 Å². The van der Waals surface area contributed by atoms with Crippen molar-refractivity contribution in [2.75, 3.05) is 0 Å². The van der Waals surface area contributed by atoms with Gasteiger partial charge in [-0.1, -0.05) is 25.9 Å². The van der Waals surface area contributed by atoms with Gasteiger partial charge >= 0.3 is 0 Å². The van der Waals surface area contributed by atoms with Crippen molar-refractivity contribution in [3.05, 3.63) is 18.5 Å². The Hall–Kier alpha value is -1.65. The number of hydrogen-bond donors (Lipinski definition) is 0. The van der Waals surface area contributed by atoms with Crippen LogP contribution in [0.15, 0.2) is 23.6 Å². The van der Waals surface area contributed by atoms with E-state index in [1.54, 1.807) is 18.5 Å². The molecule has 0 N–H and O–H groups in total. The van der Waals surface area contributed by atoms with E-state index < -0.39 is 5.60 Å². The third kappa shape index (κ3) is 1.71. The summed E-state index contributed by atoms with van der Waals surface area (Å²) in [6, 6.07) is 1.75. The van der Waals surface area contributed by atoms with Gasteiger partial charge in [0.2, 0.25) is 5.60 Å². The molecule has 0 radical (unpaired) electrons. The van der Waals surface area contributed by atoms with Gasteiger partial charge in [-0.2, -0.15) is 5.10 Å². The largest absolute Gasteiger partial charge is 0.378 e. The van der Waals surface area contributed by atoms with Crippen LogP contribution < -0.4 is 0 Å². The molecule has 1 aromatic rings. The second-order valence-electron chi connectivity index (χ2n) is 6.41. The quantitative estimate of drug-likeness (QED) is 0.780. The lowest BCUT2D eigenvalue weighted by Crippen LogP contribution is -2.47. The summed E-state index contributed by atoms with van der Waals surface area (Å²) in [6.07, 6.45) is 5.96. The van der Waals surface area contributed by atoms with Gasteiger partial charge in [-0.15, -0.1) is 0 Å². The van der Waals surface area contributed by atoms with Crippen LogP contribution in [0.4, 0.5) is 0 Å². The summed E-state index contributed by atoms with van der Waals surface area (Å²) in [5.41, 5.74) is 0.112. The highest BCUT2D eigenvalue weighted by Gasteiger charge is 2.59. The van der Waals surface area contributed by atoms with E-state index >= 15 is 0 Å². The number of fused-ring (bicyclic) bond motifs is 1. The first-order valence-corrected chi connectivity index (χ1v) is 6.76. The molecule has 19 heavy (non-hydrogen) atoms. The van der Waals surface area contributed by atoms with Gasteiger partial charge in [0.25, 0.3) is 5.91 Å². The zero-order valence-corrected chi connectivity index (χ0v) is 11.6. The molecule has 1 aliphatic heterocycles. The van der Waals surface area contributed by atoms with Crippen LogP contribution >= 0.6 is 0 Å². The second kappa shape index (κ2) is 3.92. The third-order valence-corrected chi connectivity index (χ3v) is 4.08. The van der Waals surface area contributed by atoms with Crippen molar-refractivity contribution in [1.29, 1.82) is 0 Å². The second-order valence-corrected chi connectivity index (χ2v) is 6.41. The average molecular weight is 261 g/mol. The van der Waals surface area contributed by atoms with Gasteiger partial charge in [0.05, 0.1) is 11.6 Å². The molecule has 5 heteroatoms. The van der Waals surface area contributed by atoms with E-state index in [0.717, 1.165) is 25.0 Å². The minimum Gasteiger partial charge on any atom is -0.378 e. The maximum absolute atomic E-state index is 12.7. The Morgan fingerprint density at radius 3 is 2.95 bits per heavy atom.